The normalized spacial score (nSPS) is 17.9. The molecular formula is C28H32N2O6. The molecule has 0 saturated carbocycles. The molecular weight excluding hydrogens is 460 g/mol. The summed E-state index contributed by atoms with van der Waals surface area (Å²) >= 11 is 0. The lowest BCUT2D eigenvalue weighted by Gasteiger charge is -2.27. The van der Waals surface area contributed by atoms with Crippen LogP contribution in [0.2, 0.25) is 0 Å². The minimum absolute atomic E-state index is 0.118. The fraction of sp³-hybridized carbons (Fsp3) is 0.357. The van der Waals surface area contributed by atoms with Crippen molar-refractivity contribution in [1.29, 1.82) is 0 Å². The number of carbonyl (C=O) groups is 2. The van der Waals surface area contributed by atoms with E-state index in [0.717, 1.165) is 25.7 Å². The van der Waals surface area contributed by atoms with E-state index < -0.39 is 24.1 Å². The Kier molecular flexibility index (Phi) is 7.47. The van der Waals surface area contributed by atoms with Gasteiger partial charge in [0.15, 0.2) is 0 Å². The molecule has 0 saturated heterocycles. The van der Waals surface area contributed by atoms with E-state index in [1.807, 2.05) is 0 Å². The Morgan fingerprint density at radius 1 is 1.11 bits per heavy atom. The van der Waals surface area contributed by atoms with E-state index in [1.54, 1.807) is 12.1 Å². The van der Waals surface area contributed by atoms with Crippen LogP contribution in [0.15, 0.2) is 42.0 Å². The fourth-order valence-corrected chi connectivity index (χ4v) is 5.21. The summed E-state index contributed by atoms with van der Waals surface area (Å²) in [5.41, 5.74) is 6.52. The van der Waals surface area contributed by atoms with Gasteiger partial charge >= 0.3 is 11.9 Å². The first-order chi connectivity index (χ1) is 17.2. The molecule has 36 heavy (non-hydrogen) atoms. The van der Waals surface area contributed by atoms with Crippen molar-refractivity contribution in [3.63, 3.8) is 0 Å². The summed E-state index contributed by atoms with van der Waals surface area (Å²) in [4.78, 5) is 22.6. The van der Waals surface area contributed by atoms with Gasteiger partial charge in [-0.3, -0.25) is 0 Å². The van der Waals surface area contributed by atoms with Crippen LogP contribution in [0.1, 0.15) is 53.3 Å². The lowest BCUT2D eigenvalue weighted by Crippen LogP contribution is -2.33. The number of benzene rings is 2. The summed E-state index contributed by atoms with van der Waals surface area (Å²) in [6.07, 6.45) is 6.73. The number of aliphatic carboxylic acids is 2. The third kappa shape index (κ3) is 5.15. The number of rotatable bonds is 9. The monoisotopic (exact) mass is 492 g/mol. The van der Waals surface area contributed by atoms with Crippen molar-refractivity contribution in [3.8, 4) is 5.75 Å². The Morgan fingerprint density at radius 3 is 2.31 bits per heavy atom. The quantitative estimate of drug-likeness (QED) is 0.232. The van der Waals surface area contributed by atoms with Gasteiger partial charge < -0.3 is 31.1 Å². The largest absolute Gasteiger partial charge is 0.506 e. The molecule has 6 N–H and O–H groups in total. The number of nitrogens with one attached hydrogen (secondary N) is 2. The van der Waals surface area contributed by atoms with Gasteiger partial charge in [-0.15, -0.1) is 0 Å². The standard InChI is InChI=1S/C28H32N2O6/c1-3-15-9-17-11-19(12-18(17)10-16(15)4-2)29-14-25(32)20-6-8-24(31)27-21(20)5-7-23(30-27)22(28(35)36)13-26(33)34/h5-10,13,19,23,25,29-32H,3-4,11-12,14H2,1-2H3,(H,33,34)(H,35,36)/b22-13-/t23-,25?/m1/s1. The second-order valence-electron chi connectivity index (χ2n) is 9.31. The van der Waals surface area contributed by atoms with Crippen LogP contribution in [0.25, 0.3) is 6.08 Å². The molecule has 1 heterocycles. The number of carboxylic acids is 2. The molecule has 2 aliphatic rings. The number of aromatic hydroxyl groups is 1. The zero-order valence-corrected chi connectivity index (χ0v) is 20.4. The molecule has 0 aromatic heterocycles. The number of anilines is 1. The number of aliphatic hydroxyl groups excluding tert-OH is 1. The molecule has 2 atom stereocenters. The predicted octanol–water partition coefficient (Wildman–Crippen LogP) is 3.21. The van der Waals surface area contributed by atoms with E-state index in [4.69, 9.17) is 5.11 Å². The maximum atomic E-state index is 11.6. The van der Waals surface area contributed by atoms with Gasteiger partial charge in [0.1, 0.15) is 5.75 Å². The number of fused-ring (bicyclic) bond motifs is 2. The van der Waals surface area contributed by atoms with Crippen LogP contribution in [0, 0.1) is 0 Å². The van der Waals surface area contributed by atoms with E-state index in [0.29, 0.717) is 23.7 Å². The van der Waals surface area contributed by atoms with Gasteiger partial charge in [0, 0.05) is 24.2 Å². The highest BCUT2D eigenvalue weighted by Gasteiger charge is 2.28. The first-order valence-corrected chi connectivity index (χ1v) is 12.2. The molecule has 0 amide bonds. The first kappa shape index (κ1) is 25.5. The molecule has 4 rings (SSSR count). The van der Waals surface area contributed by atoms with Crippen molar-refractivity contribution < 1.29 is 30.0 Å². The van der Waals surface area contributed by atoms with Crippen molar-refractivity contribution >= 4 is 23.7 Å². The highest BCUT2D eigenvalue weighted by atomic mass is 16.4. The van der Waals surface area contributed by atoms with Crippen LogP contribution in [-0.4, -0.2) is 51.0 Å². The smallest absolute Gasteiger partial charge is 0.334 e. The second kappa shape index (κ2) is 10.6. The lowest BCUT2D eigenvalue weighted by atomic mass is 9.93. The molecule has 0 radical (unpaired) electrons. The van der Waals surface area contributed by atoms with Crippen molar-refractivity contribution in [2.24, 2.45) is 0 Å². The van der Waals surface area contributed by atoms with Gasteiger partial charge in [-0.1, -0.05) is 44.2 Å². The predicted molar refractivity (Wildman–Crippen MR) is 137 cm³/mol. The summed E-state index contributed by atoms with van der Waals surface area (Å²) in [5.74, 6) is -2.87. The lowest BCUT2D eigenvalue weighted by molar-refractivity contribution is -0.135. The van der Waals surface area contributed by atoms with Crippen molar-refractivity contribution in [2.75, 3.05) is 11.9 Å². The maximum Gasteiger partial charge on any atom is 0.334 e. The van der Waals surface area contributed by atoms with E-state index in [9.17, 15) is 24.9 Å². The molecule has 2 aromatic carbocycles. The molecule has 0 fully saturated rings. The molecule has 0 bridgehead atoms. The van der Waals surface area contributed by atoms with Crippen LogP contribution in [0.5, 0.6) is 5.75 Å². The van der Waals surface area contributed by atoms with Gasteiger partial charge in [0.05, 0.1) is 23.4 Å². The highest BCUT2D eigenvalue weighted by Crippen LogP contribution is 2.38. The summed E-state index contributed by atoms with van der Waals surface area (Å²) in [5, 5.41) is 46.2. The number of carboxylic acid groups (broad SMARTS) is 2. The zero-order chi connectivity index (χ0) is 26.0. The van der Waals surface area contributed by atoms with Crippen LogP contribution in [-0.2, 0) is 35.3 Å². The van der Waals surface area contributed by atoms with Gasteiger partial charge in [0.25, 0.3) is 0 Å². The van der Waals surface area contributed by atoms with Crippen LogP contribution in [0.4, 0.5) is 5.69 Å². The number of aliphatic hydroxyl groups is 1. The molecule has 8 heteroatoms. The highest BCUT2D eigenvalue weighted by molar-refractivity contribution is 5.97. The van der Waals surface area contributed by atoms with E-state index >= 15 is 0 Å². The van der Waals surface area contributed by atoms with Gasteiger partial charge in [-0.05, 0) is 59.6 Å². The Balaban J connectivity index is 1.48. The zero-order valence-electron chi connectivity index (χ0n) is 20.4. The minimum atomic E-state index is -1.38. The van der Waals surface area contributed by atoms with E-state index in [1.165, 1.54) is 34.4 Å². The van der Waals surface area contributed by atoms with Gasteiger partial charge in [0.2, 0.25) is 0 Å². The molecule has 1 aliphatic heterocycles. The molecule has 190 valence electrons. The van der Waals surface area contributed by atoms with Crippen molar-refractivity contribution in [3.05, 3.63) is 75.4 Å². The number of hydrogen-bond acceptors (Lipinski definition) is 6. The fourth-order valence-electron chi connectivity index (χ4n) is 5.21. The number of aryl methyl sites for hydroxylation is 2. The van der Waals surface area contributed by atoms with E-state index in [-0.39, 0.29) is 23.1 Å². The summed E-state index contributed by atoms with van der Waals surface area (Å²) in [6.45, 7) is 4.67. The second-order valence-corrected chi connectivity index (χ2v) is 9.31. The third-order valence-corrected chi connectivity index (χ3v) is 7.05. The van der Waals surface area contributed by atoms with Crippen molar-refractivity contribution in [2.45, 2.75) is 57.7 Å². The molecule has 1 aliphatic carbocycles. The molecule has 1 unspecified atom stereocenters. The molecule has 8 nitrogen and oxygen atoms in total. The average Bonchev–Trinajstić information content (AvgIpc) is 3.26. The first-order valence-electron chi connectivity index (χ1n) is 12.2. The SMILES string of the molecule is CCc1cc2c(cc1CC)CC(NCC(O)c1ccc(O)c3c1C=C[C@H](/C(=C/C(=O)O)C(=O)O)N3)C2. The summed E-state index contributed by atoms with van der Waals surface area (Å²) < 4.78 is 0. The molecule has 0 spiro atoms. The molecule has 2 aromatic rings. The van der Waals surface area contributed by atoms with Gasteiger partial charge in [-0.2, -0.15) is 0 Å². The summed E-state index contributed by atoms with van der Waals surface area (Å²) in [6, 6.07) is 6.99. The summed E-state index contributed by atoms with van der Waals surface area (Å²) in [7, 11) is 0. The van der Waals surface area contributed by atoms with Gasteiger partial charge in [-0.25, -0.2) is 9.59 Å². The number of phenolic OH excluding ortho intramolecular Hbond substituents is 1. The number of phenols is 1. The Labute approximate surface area is 210 Å². The average molecular weight is 493 g/mol. The Morgan fingerprint density at radius 2 is 1.75 bits per heavy atom. The van der Waals surface area contributed by atoms with Crippen LogP contribution < -0.4 is 10.6 Å². The maximum absolute atomic E-state index is 11.6. The van der Waals surface area contributed by atoms with Crippen LogP contribution in [0.3, 0.4) is 0 Å². The Hall–Kier alpha value is -3.62. The minimum Gasteiger partial charge on any atom is -0.506 e. The third-order valence-electron chi connectivity index (χ3n) is 7.05. The Bertz CT molecular complexity index is 1220. The number of hydrogen-bond donors (Lipinski definition) is 6. The van der Waals surface area contributed by atoms with Crippen LogP contribution >= 0.6 is 0 Å². The topological polar surface area (TPSA) is 139 Å². The van der Waals surface area contributed by atoms with E-state index in [2.05, 4.69) is 36.6 Å². The van der Waals surface area contributed by atoms with Crippen molar-refractivity contribution in [1.82, 2.24) is 5.32 Å².